The first-order valence-electron chi connectivity index (χ1n) is 8.57. The summed E-state index contributed by atoms with van der Waals surface area (Å²) in [4.78, 5) is 30.9. The van der Waals surface area contributed by atoms with Gasteiger partial charge in [0.25, 0.3) is 5.91 Å². The number of carbonyl (C=O) groups excluding carboxylic acids is 2. The summed E-state index contributed by atoms with van der Waals surface area (Å²) in [7, 11) is 0. The number of amides is 1. The van der Waals surface area contributed by atoms with Crippen LogP contribution in [0.1, 0.15) is 30.6 Å². The van der Waals surface area contributed by atoms with Crippen molar-refractivity contribution in [2.24, 2.45) is 16.6 Å². The third-order valence-electron chi connectivity index (χ3n) is 5.32. The molecule has 0 unspecified atom stereocenters. The van der Waals surface area contributed by atoms with Crippen LogP contribution in [0.15, 0.2) is 42.2 Å². The van der Waals surface area contributed by atoms with Gasteiger partial charge in [-0.05, 0) is 36.8 Å². The van der Waals surface area contributed by atoms with Gasteiger partial charge in [0.2, 0.25) is 0 Å². The lowest BCUT2D eigenvalue weighted by Crippen LogP contribution is -2.61. The van der Waals surface area contributed by atoms with E-state index in [1.807, 2.05) is 19.9 Å². The first-order valence-corrected chi connectivity index (χ1v) is 8.57. The van der Waals surface area contributed by atoms with Crippen LogP contribution in [0.5, 0.6) is 0 Å². The van der Waals surface area contributed by atoms with Gasteiger partial charge in [0, 0.05) is 35.5 Å². The van der Waals surface area contributed by atoms with E-state index in [1.165, 1.54) is 18.3 Å². The highest BCUT2D eigenvalue weighted by molar-refractivity contribution is 6.00. The molecule has 2 aromatic rings. The van der Waals surface area contributed by atoms with E-state index in [4.69, 9.17) is 5.73 Å². The molecule has 2 aliphatic rings. The minimum absolute atomic E-state index is 0.0337. The van der Waals surface area contributed by atoms with Gasteiger partial charge < -0.3 is 10.6 Å². The molecule has 0 bridgehead atoms. The number of hydrogen-bond donors (Lipinski definition) is 1. The van der Waals surface area contributed by atoms with E-state index in [1.54, 1.807) is 17.0 Å². The minimum Gasteiger partial charge on any atom is -0.396 e. The third kappa shape index (κ3) is 2.57. The summed E-state index contributed by atoms with van der Waals surface area (Å²) < 4.78 is 13.4. The number of nitrogens with zero attached hydrogens (tertiary/aromatic N) is 2. The number of carbonyl (C=O) groups is 2. The molecule has 6 heteroatoms. The average molecular weight is 353 g/mol. The molecule has 4 rings (SSSR count). The zero-order valence-electron chi connectivity index (χ0n) is 14.8. The van der Waals surface area contributed by atoms with Crippen molar-refractivity contribution in [1.29, 1.82) is 0 Å². The van der Waals surface area contributed by atoms with Gasteiger partial charge >= 0.3 is 0 Å². The van der Waals surface area contributed by atoms with E-state index < -0.39 is 5.41 Å². The number of allylic oxidation sites excluding steroid dienone is 1. The molecule has 1 aliphatic heterocycles. The van der Waals surface area contributed by atoms with Gasteiger partial charge in [-0.2, -0.15) is 0 Å². The van der Waals surface area contributed by atoms with E-state index in [9.17, 15) is 14.0 Å². The Morgan fingerprint density at radius 3 is 2.69 bits per heavy atom. The Balaban J connectivity index is 1.56. The van der Waals surface area contributed by atoms with Crippen molar-refractivity contribution in [3.8, 4) is 0 Å². The van der Waals surface area contributed by atoms with Crippen molar-refractivity contribution < 1.29 is 14.0 Å². The van der Waals surface area contributed by atoms with Crippen LogP contribution in [0.3, 0.4) is 0 Å². The summed E-state index contributed by atoms with van der Waals surface area (Å²) >= 11 is 0. The molecular weight excluding hydrogens is 333 g/mol. The Morgan fingerprint density at radius 1 is 1.27 bits per heavy atom. The Morgan fingerprint density at radius 2 is 2.00 bits per heavy atom. The zero-order chi connectivity index (χ0) is 18.7. The number of fused-ring (bicyclic) bond motifs is 1. The van der Waals surface area contributed by atoms with Gasteiger partial charge in [-0.15, -0.1) is 0 Å². The van der Waals surface area contributed by atoms with Crippen molar-refractivity contribution >= 4 is 22.6 Å². The summed E-state index contributed by atoms with van der Waals surface area (Å²) in [5.74, 6) is -0.536. The molecule has 1 aromatic carbocycles. The van der Waals surface area contributed by atoms with Gasteiger partial charge in [0.05, 0.1) is 16.8 Å². The van der Waals surface area contributed by atoms with Crippen LogP contribution in [0.2, 0.25) is 0 Å². The number of likely N-dealkylation sites (tertiary alicyclic amines) is 1. The first kappa shape index (κ1) is 16.7. The van der Waals surface area contributed by atoms with Crippen molar-refractivity contribution in [2.45, 2.75) is 20.3 Å². The summed E-state index contributed by atoms with van der Waals surface area (Å²) in [5.41, 5.74) is 6.51. The fourth-order valence-corrected chi connectivity index (χ4v) is 4.26. The monoisotopic (exact) mass is 353 g/mol. The summed E-state index contributed by atoms with van der Waals surface area (Å²) in [6.07, 6.45) is 4.01. The summed E-state index contributed by atoms with van der Waals surface area (Å²) in [6, 6.07) is 5.97. The van der Waals surface area contributed by atoms with Crippen molar-refractivity contribution in [2.75, 3.05) is 13.1 Å². The largest absolute Gasteiger partial charge is 0.396 e. The smallest absolute Gasteiger partial charge is 0.255 e. The molecule has 134 valence electrons. The van der Waals surface area contributed by atoms with E-state index in [0.717, 1.165) is 0 Å². The predicted molar refractivity (Wildman–Crippen MR) is 95.7 cm³/mol. The molecule has 2 N–H and O–H groups in total. The maximum Gasteiger partial charge on any atom is 0.255 e. The van der Waals surface area contributed by atoms with Gasteiger partial charge in [-0.3, -0.25) is 14.6 Å². The Hall–Kier alpha value is -2.76. The topological polar surface area (TPSA) is 76.3 Å². The van der Waals surface area contributed by atoms with Crippen LogP contribution in [0.25, 0.3) is 10.9 Å². The maximum atomic E-state index is 13.4. The molecular formula is C20H20FN3O2. The number of rotatable bonds is 1. The molecule has 1 fully saturated rings. The molecule has 1 amide bonds. The van der Waals surface area contributed by atoms with E-state index >= 15 is 0 Å². The van der Waals surface area contributed by atoms with Crippen LogP contribution >= 0.6 is 0 Å². The molecule has 0 saturated carbocycles. The molecule has 1 saturated heterocycles. The number of hydrogen-bond acceptors (Lipinski definition) is 4. The standard InChI is InChI=1S/C20H20FN3O2/c1-19(2)9-20(7-15(22)17(19)25)10-24(11-20)18(26)13-5-12-6-14(21)3-4-16(12)23-8-13/h3-8H,9-11,22H2,1-2H3. The second-order valence-corrected chi connectivity index (χ2v) is 8.07. The van der Waals surface area contributed by atoms with Gasteiger partial charge in [-0.1, -0.05) is 13.8 Å². The van der Waals surface area contributed by atoms with Crippen LogP contribution in [0, 0.1) is 16.6 Å². The number of aromatic nitrogens is 1. The van der Waals surface area contributed by atoms with E-state index in [2.05, 4.69) is 4.98 Å². The summed E-state index contributed by atoms with van der Waals surface area (Å²) in [6.45, 7) is 4.82. The van der Waals surface area contributed by atoms with Gasteiger partial charge in [0.1, 0.15) is 5.82 Å². The Labute approximate surface area is 150 Å². The highest BCUT2D eigenvalue weighted by Crippen LogP contribution is 2.47. The van der Waals surface area contributed by atoms with Crippen LogP contribution in [-0.2, 0) is 4.79 Å². The molecule has 26 heavy (non-hydrogen) atoms. The number of ketones is 1. The second-order valence-electron chi connectivity index (χ2n) is 8.07. The number of nitrogens with two attached hydrogens (primary N) is 1. The molecule has 0 radical (unpaired) electrons. The molecule has 0 atom stereocenters. The van der Waals surface area contributed by atoms with Crippen molar-refractivity contribution in [3.05, 3.63) is 53.6 Å². The van der Waals surface area contributed by atoms with Crippen molar-refractivity contribution in [1.82, 2.24) is 9.88 Å². The molecule has 2 heterocycles. The van der Waals surface area contributed by atoms with Crippen LogP contribution in [0.4, 0.5) is 4.39 Å². The highest BCUT2D eigenvalue weighted by atomic mass is 19.1. The fourth-order valence-electron chi connectivity index (χ4n) is 4.26. The SMILES string of the molecule is CC1(C)CC2(C=C(N)C1=O)CN(C(=O)c1cnc3ccc(F)cc3c1)C2. The highest BCUT2D eigenvalue weighted by Gasteiger charge is 2.51. The maximum absolute atomic E-state index is 13.4. The number of pyridine rings is 1. The lowest BCUT2D eigenvalue weighted by molar-refractivity contribution is -0.127. The predicted octanol–water partition coefficient (Wildman–Crippen LogP) is 2.66. The Bertz CT molecular complexity index is 974. The number of Topliss-reactive ketones (excluding diaryl/α,β-unsaturated/α-hetero) is 1. The molecule has 5 nitrogen and oxygen atoms in total. The zero-order valence-corrected chi connectivity index (χ0v) is 14.8. The second kappa shape index (κ2) is 5.37. The minimum atomic E-state index is -0.518. The summed E-state index contributed by atoms with van der Waals surface area (Å²) in [5, 5.41) is 0.597. The Kier molecular flexibility index (Phi) is 3.45. The van der Waals surface area contributed by atoms with Crippen LogP contribution in [-0.4, -0.2) is 34.7 Å². The normalized spacial score (nSPS) is 20.8. The van der Waals surface area contributed by atoms with Crippen LogP contribution < -0.4 is 5.73 Å². The van der Waals surface area contributed by atoms with E-state index in [0.29, 0.717) is 36.0 Å². The first-order chi connectivity index (χ1) is 12.2. The lowest BCUT2D eigenvalue weighted by atomic mass is 9.62. The average Bonchev–Trinajstić information content (AvgIpc) is 2.55. The van der Waals surface area contributed by atoms with Crippen molar-refractivity contribution in [3.63, 3.8) is 0 Å². The third-order valence-corrected chi connectivity index (χ3v) is 5.32. The molecule has 1 spiro atoms. The fraction of sp³-hybridized carbons (Fsp3) is 0.350. The van der Waals surface area contributed by atoms with Gasteiger partial charge in [0.15, 0.2) is 5.78 Å². The van der Waals surface area contributed by atoms with E-state index in [-0.39, 0.29) is 28.6 Å². The lowest BCUT2D eigenvalue weighted by Gasteiger charge is -2.53. The quantitative estimate of drug-likeness (QED) is 0.855. The number of halogens is 1. The molecule has 1 aliphatic carbocycles. The molecule has 1 aromatic heterocycles. The van der Waals surface area contributed by atoms with Gasteiger partial charge in [-0.25, -0.2) is 4.39 Å². The number of benzene rings is 1.